The Balaban J connectivity index is 1.38. The van der Waals surface area contributed by atoms with Gasteiger partial charge in [-0.25, -0.2) is 9.18 Å². The van der Waals surface area contributed by atoms with Gasteiger partial charge in [0.2, 0.25) is 5.91 Å². The van der Waals surface area contributed by atoms with E-state index in [0.29, 0.717) is 31.9 Å². The number of rotatable bonds is 5. The van der Waals surface area contributed by atoms with Crippen molar-refractivity contribution in [1.82, 2.24) is 15.5 Å². The molecule has 0 bridgehead atoms. The molecule has 1 fully saturated rings. The molecule has 0 atom stereocenters. The topological polar surface area (TPSA) is 77.8 Å². The smallest absolute Gasteiger partial charge is 0.317 e. The van der Waals surface area contributed by atoms with Gasteiger partial charge in [-0.3, -0.25) is 4.79 Å². The molecule has 2 aromatic rings. The largest absolute Gasteiger partial charge is 0.467 e. The van der Waals surface area contributed by atoms with Gasteiger partial charge in [-0.1, -0.05) is 0 Å². The van der Waals surface area contributed by atoms with Crippen LogP contribution in [0.1, 0.15) is 5.76 Å². The van der Waals surface area contributed by atoms with Gasteiger partial charge in [0.1, 0.15) is 11.6 Å². The van der Waals surface area contributed by atoms with Gasteiger partial charge in [-0.15, -0.1) is 0 Å². The average Bonchev–Trinajstić information content (AvgIpc) is 3.19. The Morgan fingerprint density at radius 1 is 1.04 bits per heavy atom. The van der Waals surface area contributed by atoms with Crippen LogP contribution in [0.2, 0.25) is 0 Å². The van der Waals surface area contributed by atoms with E-state index in [4.69, 9.17) is 4.42 Å². The molecule has 2 heterocycles. The number of anilines is 1. The number of halogens is 1. The second-order valence-electron chi connectivity index (χ2n) is 5.97. The van der Waals surface area contributed by atoms with Crippen molar-refractivity contribution in [2.75, 3.05) is 37.6 Å². The number of urea groups is 1. The fourth-order valence-electron chi connectivity index (χ4n) is 2.75. The third-order valence-electron chi connectivity index (χ3n) is 4.20. The van der Waals surface area contributed by atoms with Crippen LogP contribution in [0, 0.1) is 5.82 Å². The summed E-state index contributed by atoms with van der Waals surface area (Å²) < 4.78 is 18.1. The fraction of sp³-hybridized carbons (Fsp3) is 0.333. The van der Waals surface area contributed by atoms with Gasteiger partial charge >= 0.3 is 6.03 Å². The summed E-state index contributed by atoms with van der Waals surface area (Å²) in [4.78, 5) is 27.7. The summed E-state index contributed by atoms with van der Waals surface area (Å²) in [6.07, 6.45) is 1.54. The van der Waals surface area contributed by atoms with Crippen LogP contribution in [0.4, 0.5) is 14.9 Å². The van der Waals surface area contributed by atoms with Crippen LogP contribution in [0.3, 0.4) is 0 Å². The number of carbonyl (C=O) groups is 2. The van der Waals surface area contributed by atoms with Crippen molar-refractivity contribution in [2.45, 2.75) is 6.54 Å². The fourth-order valence-corrected chi connectivity index (χ4v) is 2.75. The molecule has 8 heteroatoms. The summed E-state index contributed by atoms with van der Waals surface area (Å²) in [5.41, 5.74) is 0.934. The first kappa shape index (κ1) is 17.8. The normalized spacial score (nSPS) is 14.2. The van der Waals surface area contributed by atoms with Crippen molar-refractivity contribution in [3.63, 3.8) is 0 Å². The summed E-state index contributed by atoms with van der Waals surface area (Å²) in [6.45, 7) is 2.59. The minimum absolute atomic E-state index is 0.0856. The molecule has 0 aliphatic carbocycles. The van der Waals surface area contributed by atoms with Gasteiger partial charge in [-0.05, 0) is 36.4 Å². The minimum Gasteiger partial charge on any atom is -0.467 e. The molecule has 1 aliphatic rings. The summed E-state index contributed by atoms with van der Waals surface area (Å²) in [7, 11) is 0. The summed E-state index contributed by atoms with van der Waals surface area (Å²) in [5, 5.41) is 5.29. The number of benzene rings is 1. The Kier molecular flexibility index (Phi) is 5.73. The molecule has 26 heavy (non-hydrogen) atoms. The highest BCUT2D eigenvalue weighted by molar-refractivity contribution is 5.84. The Labute approximate surface area is 150 Å². The maximum Gasteiger partial charge on any atom is 0.317 e. The number of nitrogens with one attached hydrogen (secondary N) is 2. The Hall–Kier alpha value is -3.03. The maximum atomic E-state index is 13.0. The summed E-state index contributed by atoms with van der Waals surface area (Å²) in [6, 6.07) is 9.56. The van der Waals surface area contributed by atoms with E-state index in [1.807, 2.05) is 0 Å². The van der Waals surface area contributed by atoms with Gasteiger partial charge in [0.15, 0.2) is 0 Å². The van der Waals surface area contributed by atoms with E-state index in [1.54, 1.807) is 29.2 Å². The Bertz CT molecular complexity index is 725. The molecule has 3 rings (SSSR count). The highest BCUT2D eigenvalue weighted by Gasteiger charge is 2.21. The molecule has 7 nitrogen and oxygen atoms in total. The molecule has 0 saturated carbocycles. The second-order valence-corrected chi connectivity index (χ2v) is 5.97. The highest BCUT2D eigenvalue weighted by atomic mass is 19.1. The lowest BCUT2D eigenvalue weighted by atomic mass is 10.2. The molecule has 0 unspecified atom stereocenters. The number of furan rings is 1. The first-order chi connectivity index (χ1) is 12.6. The number of nitrogens with zero attached hydrogens (tertiary/aromatic N) is 2. The molecule has 3 amide bonds. The van der Waals surface area contributed by atoms with E-state index in [0.717, 1.165) is 5.69 Å². The van der Waals surface area contributed by atoms with Crippen LogP contribution in [-0.4, -0.2) is 49.6 Å². The lowest BCUT2D eigenvalue weighted by Gasteiger charge is -2.36. The van der Waals surface area contributed by atoms with E-state index >= 15 is 0 Å². The molecule has 138 valence electrons. The van der Waals surface area contributed by atoms with Crippen molar-refractivity contribution in [3.8, 4) is 0 Å². The second kappa shape index (κ2) is 8.37. The summed E-state index contributed by atoms with van der Waals surface area (Å²) >= 11 is 0. The predicted octanol–water partition coefficient (Wildman–Crippen LogP) is 1.57. The van der Waals surface area contributed by atoms with E-state index in [-0.39, 0.29) is 30.8 Å². The van der Waals surface area contributed by atoms with Crippen LogP contribution >= 0.6 is 0 Å². The van der Waals surface area contributed by atoms with Gasteiger partial charge in [0, 0.05) is 31.9 Å². The van der Waals surface area contributed by atoms with Crippen molar-refractivity contribution in [2.24, 2.45) is 0 Å². The number of piperazine rings is 1. The number of hydrogen-bond acceptors (Lipinski definition) is 4. The third-order valence-corrected chi connectivity index (χ3v) is 4.20. The molecule has 1 aliphatic heterocycles. The molecule has 1 aromatic carbocycles. The van der Waals surface area contributed by atoms with Gasteiger partial charge < -0.3 is 24.9 Å². The zero-order valence-corrected chi connectivity index (χ0v) is 14.3. The van der Waals surface area contributed by atoms with E-state index in [1.165, 1.54) is 18.4 Å². The van der Waals surface area contributed by atoms with E-state index in [2.05, 4.69) is 15.5 Å². The predicted molar refractivity (Wildman–Crippen MR) is 94.1 cm³/mol. The molecule has 1 aromatic heterocycles. The van der Waals surface area contributed by atoms with Gasteiger partial charge in [0.05, 0.1) is 19.4 Å². The quantitative estimate of drug-likeness (QED) is 0.848. The van der Waals surface area contributed by atoms with Crippen molar-refractivity contribution >= 4 is 17.6 Å². The zero-order valence-electron chi connectivity index (χ0n) is 14.3. The van der Waals surface area contributed by atoms with Crippen molar-refractivity contribution in [1.29, 1.82) is 0 Å². The minimum atomic E-state index is -0.278. The zero-order chi connectivity index (χ0) is 18.4. The highest BCUT2D eigenvalue weighted by Crippen LogP contribution is 2.16. The molecule has 2 N–H and O–H groups in total. The molecular formula is C18H21FN4O3. The van der Waals surface area contributed by atoms with Crippen LogP contribution in [0.15, 0.2) is 47.1 Å². The van der Waals surface area contributed by atoms with E-state index in [9.17, 15) is 14.0 Å². The van der Waals surface area contributed by atoms with E-state index < -0.39 is 0 Å². The van der Waals surface area contributed by atoms with Crippen molar-refractivity contribution in [3.05, 3.63) is 54.2 Å². The Morgan fingerprint density at radius 3 is 2.42 bits per heavy atom. The van der Waals surface area contributed by atoms with Crippen LogP contribution < -0.4 is 15.5 Å². The first-order valence-electron chi connectivity index (χ1n) is 8.44. The Morgan fingerprint density at radius 2 is 1.77 bits per heavy atom. The molecule has 0 radical (unpaired) electrons. The molecular weight excluding hydrogens is 339 g/mol. The number of carbonyl (C=O) groups excluding carboxylic acids is 2. The van der Waals surface area contributed by atoms with Crippen LogP contribution in [-0.2, 0) is 11.3 Å². The lowest BCUT2D eigenvalue weighted by molar-refractivity contribution is -0.120. The molecule has 1 saturated heterocycles. The first-order valence-corrected chi connectivity index (χ1v) is 8.44. The van der Waals surface area contributed by atoms with Crippen LogP contribution in [0.25, 0.3) is 0 Å². The third kappa shape index (κ3) is 4.75. The number of amides is 3. The van der Waals surface area contributed by atoms with Crippen LogP contribution in [0.5, 0.6) is 0 Å². The van der Waals surface area contributed by atoms with Gasteiger partial charge in [-0.2, -0.15) is 0 Å². The van der Waals surface area contributed by atoms with Gasteiger partial charge in [0.25, 0.3) is 0 Å². The number of hydrogen-bond donors (Lipinski definition) is 2. The standard InChI is InChI=1S/C18H21FN4O3/c19-14-3-5-15(6-4-14)22-7-9-23(10-8-22)18(25)21-13-17(24)20-12-16-2-1-11-26-16/h1-6,11H,7-10,12-13H2,(H,20,24)(H,21,25). The summed E-state index contributed by atoms with van der Waals surface area (Å²) in [5.74, 6) is 0.110. The monoisotopic (exact) mass is 360 g/mol. The maximum absolute atomic E-state index is 13.0. The SMILES string of the molecule is O=C(CNC(=O)N1CCN(c2ccc(F)cc2)CC1)NCc1ccco1. The van der Waals surface area contributed by atoms with Crippen molar-refractivity contribution < 1.29 is 18.4 Å². The lowest BCUT2D eigenvalue weighted by Crippen LogP contribution is -2.53. The molecule has 0 spiro atoms. The average molecular weight is 360 g/mol.